The standard InChI is InChI=1S/C13H17BrN2O5/c1-4-9-6(2)10(20-7(3)17)12(21-9)16-5-8(14)11(18)15-13(16)19/h5-6,9-10,12H,4H2,1-3H3,(H,15,18,19)/t6-,9+,10?,12+/m0/s1. The van der Waals surface area contributed by atoms with Gasteiger partial charge < -0.3 is 9.47 Å². The Morgan fingerprint density at radius 3 is 2.76 bits per heavy atom. The summed E-state index contributed by atoms with van der Waals surface area (Å²) < 4.78 is 12.6. The zero-order valence-electron chi connectivity index (χ0n) is 12.0. The Morgan fingerprint density at radius 1 is 1.52 bits per heavy atom. The monoisotopic (exact) mass is 360 g/mol. The SMILES string of the molecule is CC[C@H]1O[C@@H](n2cc(Br)c(=O)[nH]c2=O)C(OC(C)=O)[C@H]1C. The molecule has 1 unspecified atom stereocenters. The number of halogens is 1. The molecule has 7 nitrogen and oxygen atoms in total. The molecule has 0 aliphatic carbocycles. The van der Waals surface area contributed by atoms with Gasteiger partial charge in [0.2, 0.25) is 0 Å². The third-order valence-electron chi connectivity index (χ3n) is 3.60. The molecule has 0 radical (unpaired) electrons. The Bertz CT molecular complexity index is 653. The van der Waals surface area contributed by atoms with Crippen molar-refractivity contribution in [2.45, 2.75) is 45.6 Å². The summed E-state index contributed by atoms with van der Waals surface area (Å²) in [5.41, 5.74) is -1.12. The lowest BCUT2D eigenvalue weighted by Crippen LogP contribution is -2.38. The van der Waals surface area contributed by atoms with Gasteiger partial charge in [0.1, 0.15) is 0 Å². The lowest BCUT2D eigenvalue weighted by Gasteiger charge is -2.22. The highest BCUT2D eigenvalue weighted by Gasteiger charge is 2.44. The van der Waals surface area contributed by atoms with Crippen LogP contribution in [-0.2, 0) is 14.3 Å². The third kappa shape index (κ3) is 3.11. The molecule has 4 atom stereocenters. The van der Waals surface area contributed by atoms with Crippen LogP contribution >= 0.6 is 15.9 Å². The molecule has 1 N–H and O–H groups in total. The number of esters is 1. The summed E-state index contributed by atoms with van der Waals surface area (Å²) in [5.74, 6) is -0.491. The topological polar surface area (TPSA) is 90.4 Å². The van der Waals surface area contributed by atoms with Gasteiger partial charge in [-0.25, -0.2) is 4.79 Å². The van der Waals surface area contributed by atoms with Crippen molar-refractivity contribution in [1.29, 1.82) is 0 Å². The van der Waals surface area contributed by atoms with Crippen molar-refractivity contribution >= 4 is 21.9 Å². The quantitative estimate of drug-likeness (QED) is 0.817. The van der Waals surface area contributed by atoms with Crippen molar-refractivity contribution in [3.8, 4) is 0 Å². The number of carbonyl (C=O) groups is 1. The van der Waals surface area contributed by atoms with E-state index in [1.54, 1.807) is 0 Å². The van der Waals surface area contributed by atoms with Crippen LogP contribution in [-0.4, -0.2) is 27.7 Å². The molecular weight excluding hydrogens is 344 g/mol. The second-order valence-corrected chi connectivity index (χ2v) is 5.90. The van der Waals surface area contributed by atoms with E-state index in [1.807, 2.05) is 13.8 Å². The van der Waals surface area contributed by atoms with E-state index >= 15 is 0 Å². The Hall–Kier alpha value is -1.41. The fourth-order valence-corrected chi connectivity index (χ4v) is 2.87. The van der Waals surface area contributed by atoms with E-state index in [0.717, 1.165) is 6.42 Å². The maximum atomic E-state index is 12.0. The summed E-state index contributed by atoms with van der Waals surface area (Å²) in [6.45, 7) is 5.18. The predicted molar refractivity (Wildman–Crippen MR) is 77.9 cm³/mol. The van der Waals surface area contributed by atoms with Crippen LogP contribution in [0, 0.1) is 5.92 Å². The van der Waals surface area contributed by atoms with Crippen LogP contribution in [0.15, 0.2) is 20.3 Å². The molecule has 21 heavy (non-hydrogen) atoms. The van der Waals surface area contributed by atoms with Gasteiger partial charge in [-0.05, 0) is 22.4 Å². The normalized spacial score (nSPS) is 28.6. The number of carbonyl (C=O) groups excluding carboxylic acids is 1. The first kappa shape index (κ1) is 16.0. The number of ether oxygens (including phenoxy) is 2. The fraction of sp³-hybridized carbons (Fsp3) is 0.615. The number of H-pyrrole nitrogens is 1. The van der Waals surface area contributed by atoms with Crippen molar-refractivity contribution < 1.29 is 14.3 Å². The maximum absolute atomic E-state index is 12.0. The second kappa shape index (κ2) is 6.15. The zero-order valence-corrected chi connectivity index (χ0v) is 13.5. The van der Waals surface area contributed by atoms with E-state index in [1.165, 1.54) is 17.7 Å². The molecule has 0 bridgehead atoms. The van der Waals surface area contributed by atoms with Crippen LogP contribution in [0.3, 0.4) is 0 Å². The molecule has 1 fully saturated rings. The van der Waals surface area contributed by atoms with E-state index in [9.17, 15) is 14.4 Å². The summed E-state index contributed by atoms with van der Waals surface area (Å²) in [5, 5.41) is 0. The van der Waals surface area contributed by atoms with Gasteiger partial charge in [0, 0.05) is 19.0 Å². The smallest absolute Gasteiger partial charge is 0.330 e. The first-order chi connectivity index (χ1) is 9.85. The Morgan fingerprint density at radius 2 is 2.19 bits per heavy atom. The second-order valence-electron chi connectivity index (χ2n) is 5.05. The van der Waals surface area contributed by atoms with Gasteiger partial charge in [0.25, 0.3) is 5.56 Å². The Balaban J connectivity index is 2.45. The van der Waals surface area contributed by atoms with Crippen LogP contribution in [0.1, 0.15) is 33.4 Å². The zero-order chi connectivity index (χ0) is 15.7. The molecule has 2 rings (SSSR count). The first-order valence-electron chi connectivity index (χ1n) is 6.68. The molecule has 1 aliphatic rings. The molecule has 0 saturated carbocycles. The number of nitrogens with zero attached hydrogens (tertiary/aromatic N) is 1. The molecule has 1 aromatic rings. The number of rotatable bonds is 3. The van der Waals surface area contributed by atoms with Crippen LogP contribution in [0.2, 0.25) is 0 Å². The van der Waals surface area contributed by atoms with Crippen molar-refractivity contribution in [3.05, 3.63) is 31.5 Å². The largest absolute Gasteiger partial charge is 0.457 e. The minimum absolute atomic E-state index is 0.0542. The summed E-state index contributed by atoms with van der Waals surface area (Å²) in [4.78, 5) is 36.9. The molecule has 1 saturated heterocycles. The highest BCUT2D eigenvalue weighted by Crippen LogP contribution is 2.36. The van der Waals surface area contributed by atoms with Crippen molar-refractivity contribution in [2.75, 3.05) is 0 Å². The minimum atomic E-state index is -0.755. The van der Waals surface area contributed by atoms with E-state index in [4.69, 9.17) is 9.47 Å². The molecule has 0 aromatic carbocycles. The Labute approximate surface area is 129 Å². The van der Waals surface area contributed by atoms with Gasteiger partial charge in [-0.1, -0.05) is 13.8 Å². The van der Waals surface area contributed by atoms with Gasteiger partial charge in [-0.3, -0.25) is 19.1 Å². The first-order valence-corrected chi connectivity index (χ1v) is 7.48. The molecule has 1 aromatic heterocycles. The summed E-state index contributed by atoms with van der Waals surface area (Å²) >= 11 is 3.08. The molecule has 1 aliphatic heterocycles. The molecule has 8 heteroatoms. The highest BCUT2D eigenvalue weighted by molar-refractivity contribution is 9.10. The lowest BCUT2D eigenvalue weighted by molar-refractivity contribution is -0.153. The number of hydrogen-bond donors (Lipinski definition) is 1. The van der Waals surface area contributed by atoms with Crippen molar-refractivity contribution in [3.63, 3.8) is 0 Å². The van der Waals surface area contributed by atoms with E-state index in [2.05, 4.69) is 20.9 Å². The molecular formula is C13H17BrN2O5. The van der Waals surface area contributed by atoms with Gasteiger partial charge in [-0.2, -0.15) is 0 Å². The lowest BCUT2D eigenvalue weighted by atomic mass is 9.98. The predicted octanol–water partition coefficient (Wildman–Crippen LogP) is 1.17. The fourth-order valence-electron chi connectivity index (χ4n) is 2.55. The minimum Gasteiger partial charge on any atom is -0.457 e. The maximum Gasteiger partial charge on any atom is 0.330 e. The van der Waals surface area contributed by atoms with Crippen molar-refractivity contribution in [1.82, 2.24) is 9.55 Å². The number of hydrogen-bond acceptors (Lipinski definition) is 5. The number of nitrogens with one attached hydrogen (secondary N) is 1. The molecule has 116 valence electrons. The average Bonchev–Trinajstić information content (AvgIpc) is 2.71. The summed E-state index contributed by atoms with van der Waals surface area (Å²) in [6.07, 6.45) is 0.622. The summed E-state index contributed by atoms with van der Waals surface area (Å²) in [6, 6.07) is 0. The van der Waals surface area contributed by atoms with Crippen LogP contribution in [0.25, 0.3) is 0 Å². The van der Waals surface area contributed by atoms with Crippen LogP contribution in [0.5, 0.6) is 0 Å². The van der Waals surface area contributed by atoms with Gasteiger partial charge >= 0.3 is 11.7 Å². The van der Waals surface area contributed by atoms with E-state index in [-0.39, 0.29) is 16.5 Å². The number of aromatic amines is 1. The third-order valence-corrected chi connectivity index (χ3v) is 4.17. The van der Waals surface area contributed by atoms with Gasteiger partial charge in [-0.15, -0.1) is 0 Å². The number of aromatic nitrogens is 2. The molecule has 0 amide bonds. The molecule has 2 heterocycles. The van der Waals surface area contributed by atoms with Crippen molar-refractivity contribution in [2.24, 2.45) is 5.92 Å². The van der Waals surface area contributed by atoms with E-state index in [0.29, 0.717) is 0 Å². The van der Waals surface area contributed by atoms with E-state index < -0.39 is 29.6 Å². The van der Waals surface area contributed by atoms with Gasteiger partial charge in [0.15, 0.2) is 12.3 Å². The highest BCUT2D eigenvalue weighted by atomic mass is 79.9. The Kier molecular flexibility index (Phi) is 4.67. The average molecular weight is 361 g/mol. The summed E-state index contributed by atoms with van der Waals surface area (Å²) in [7, 11) is 0. The van der Waals surface area contributed by atoms with Gasteiger partial charge in [0.05, 0.1) is 10.6 Å². The van der Waals surface area contributed by atoms with Crippen LogP contribution < -0.4 is 11.2 Å². The molecule has 0 spiro atoms. The van der Waals surface area contributed by atoms with Crippen LogP contribution in [0.4, 0.5) is 0 Å².